The van der Waals surface area contributed by atoms with Gasteiger partial charge in [0.05, 0.1) is 12.3 Å². The summed E-state index contributed by atoms with van der Waals surface area (Å²) in [7, 11) is 1.65. The molecular weight excluding hydrogens is 244 g/mol. The Morgan fingerprint density at radius 1 is 1.47 bits per heavy atom. The fourth-order valence-electron chi connectivity index (χ4n) is 2.22. The number of hydrogen-bond acceptors (Lipinski definition) is 4. The lowest BCUT2D eigenvalue weighted by Crippen LogP contribution is -2.38. The van der Waals surface area contributed by atoms with Crippen molar-refractivity contribution in [2.24, 2.45) is 0 Å². The molecule has 0 atom stereocenters. The van der Waals surface area contributed by atoms with Gasteiger partial charge in [0.2, 0.25) is 0 Å². The number of carboxylic acid groups (broad SMARTS) is 1. The molecule has 0 aliphatic heterocycles. The highest BCUT2D eigenvalue weighted by Gasteiger charge is 2.21. The summed E-state index contributed by atoms with van der Waals surface area (Å²) >= 11 is 0. The van der Waals surface area contributed by atoms with Crippen LogP contribution >= 0.6 is 0 Å². The molecule has 5 heteroatoms. The van der Waals surface area contributed by atoms with Crippen molar-refractivity contribution in [3.63, 3.8) is 0 Å². The molecular formula is C14H22N2O3. The van der Waals surface area contributed by atoms with Crippen molar-refractivity contribution in [3.05, 3.63) is 24.0 Å². The van der Waals surface area contributed by atoms with E-state index in [-0.39, 0.29) is 5.56 Å². The van der Waals surface area contributed by atoms with Crippen LogP contribution < -0.4 is 4.90 Å². The zero-order valence-corrected chi connectivity index (χ0v) is 11.8. The average molecular weight is 266 g/mol. The number of methoxy groups -OCH3 is 1. The predicted octanol–water partition coefficient (Wildman–Crippen LogP) is 2.42. The Kier molecular flexibility index (Phi) is 6.29. The highest BCUT2D eigenvalue weighted by Crippen LogP contribution is 2.24. The molecule has 0 aliphatic carbocycles. The van der Waals surface area contributed by atoms with Gasteiger partial charge < -0.3 is 14.7 Å². The highest BCUT2D eigenvalue weighted by molar-refractivity contribution is 5.94. The molecule has 0 saturated carbocycles. The predicted molar refractivity (Wildman–Crippen MR) is 74.8 cm³/mol. The van der Waals surface area contributed by atoms with E-state index in [1.165, 1.54) is 6.20 Å². The molecule has 0 radical (unpaired) electrons. The highest BCUT2D eigenvalue weighted by atomic mass is 16.5. The van der Waals surface area contributed by atoms with Gasteiger partial charge >= 0.3 is 5.97 Å². The zero-order chi connectivity index (χ0) is 14.3. The molecule has 0 saturated heterocycles. The van der Waals surface area contributed by atoms with E-state index >= 15 is 0 Å². The number of pyridine rings is 1. The number of aromatic nitrogens is 1. The summed E-state index contributed by atoms with van der Waals surface area (Å²) in [6.45, 7) is 5.45. The number of carboxylic acids is 1. The molecule has 5 nitrogen and oxygen atoms in total. The molecule has 1 heterocycles. The van der Waals surface area contributed by atoms with Crippen molar-refractivity contribution >= 4 is 11.7 Å². The molecule has 0 aromatic carbocycles. The van der Waals surface area contributed by atoms with Crippen LogP contribution in [0.4, 0.5) is 5.69 Å². The maximum absolute atomic E-state index is 11.3. The van der Waals surface area contributed by atoms with Crippen LogP contribution in [0, 0.1) is 0 Å². The number of rotatable bonds is 8. The van der Waals surface area contributed by atoms with Gasteiger partial charge in [-0.05, 0) is 18.9 Å². The second kappa shape index (κ2) is 7.74. The topological polar surface area (TPSA) is 62.7 Å². The summed E-state index contributed by atoms with van der Waals surface area (Å²) in [6, 6.07) is 2.06. The molecule has 0 amide bonds. The number of carbonyl (C=O) groups is 1. The van der Waals surface area contributed by atoms with Crippen LogP contribution in [-0.2, 0) is 4.74 Å². The molecule has 0 bridgehead atoms. The zero-order valence-electron chi connectivity index (χ0n) is 11.8. The SMILES string of the molecule is CCC(CC)N(CCOC)c1ccncc1C(=O)O. The molecule has 19 heavy (non-hydrogen) atoms. The van der Waals surface area contributed by atoms with Gasteiger partial charge in [0.25, 0.3) is 0 Å². The van der Waals surface area contributed by atoms with Gasteiger partial charge in [-0.15, -0.1) is 0 Å². The lowest BCUT2D eigenvalue weighted by molar-refractivity contribution is 0.0697. The number of hydrogen-bond donors (Lipinski definition) is 1. The minimum absolute atomic E-state index is 0.241. The second-order valence-corrected chi connectivity index (χ2v) is 4.35. The van der Waals surface area contributed by atoms with Crippen molar-refractivity contribution in [1.29, 1.82) is 0 Å². The normalized spacial score (nSPS) is 10.7. The maximum Gasteiger partial charge on any atom is 0.339 e. The fourth-order valence-corrected chi connectivity index (χ4v) is 2.22. The van der Waals surface area contributed by atoms with Gasteiger partial charge in [0.1, 0.15) is 5.56 Å². The van der Waals surface area contributed by atoms with E-state index in [0.29, 0.717) is 24.9 Å². The lowest BCUT2D eigenvalue weighted by Gasteiger charge is -2.33. The van der Waals surface area contributed by atoms with E-state index in [9.17, 15) is 9.90 Å². The van der Waals surface area contributed by atoms with Gasteiger partial charge in [-0.1, -0.05) is 13.8 Å². The molecule has 1 N–H and O–H groups in total. The van der Waals surface area contributed by atoms with Crippen molar-refractivity contribution in [3.8, 4) is 0 Å². The first-order chi connectivity index (χ1) is 9.15. The number of aromatic carboxylic acids is 1. The quantitative estimate of drug-likeness (QED) is 0.783. The van der Waals surface area contributed by atoms with E-state index in [4.69, 9.17) is 4.74 Å². The Hall–Kier alpha value is -1.62. The molecule has 0 spiro atoms. The van der Waals surface area contributed by atoms with Crippen LogP contribution in [0.1, 0.15) is 37.0 Å². The first-order valence-electron chi connectivity index (χ1n) is 6.58. The third-order valence-electron chi connectivity index (χ3n) is 3.26. The molecule has 1 rings (SSSR count). The summed E-state index contributed by atoms with van der Waals surface area (Å²) < 4.78 is 5.13. The van der Waals surface area contributed by atoms with E-state index in [1.807, 2.05) is 0 Å². The molecule has 106 valence electrons. The summed E-state index contributed by atoms with van der Waals surface area (Å²) in [5.74, 6) is -0.948. The van der Waals surface area contributed by atoms with Crippen molar-refractivity contribution < 1.29 is 14.6 Å². The van der Waals surface area contributed by atoms with Crippen LogP contribution in [0.5, 0.6) is 0 Å². The van der Waals surface area contributed by atoms with Crippen LogP contribution in [-0.4, -0.2) is 42.4 Å². The minimum Gasteiger partial charge on any atom is -0.478 e. The summed E-state index contributed by atoms with van der Waals surface area (Å²) in [5.41, 5.74) is 0.957. The maximum atomic E-state index is 11.3. The average Bonchev–Trinajstić information content (AvgIpc) is 2.43. The number of anilines is 1. The fraction of sp³-hybridized carbons (Fsp3) is 0.571. The Morgan fingerprint density at radius 2 is 2.16 bits per heavy atom. The van der Waals surface area contributed by atoms with Gasteiger partial charge in [0, 0.05) is 32.1 Å². The third kappa shape index (κ3) is 3.92. The van der Waals surface area contributed by atoms with E-state index < -0.39 is 5.97 Å². The summed E-state index contributed by atoms with van der Waals surface area (Å²) in [4.78, 5) is 17.3. The van der Waals surface area contributed by atoms with Crippen LogP contribution in [0.3, 0.4) is 0 Å². The minimum atomic E-state index is -0.948. The Bertz CT molecular complexity index is 405. The smallest absolute Gasteiger partial charge is 0.339 e. The first-order valence-corrected chi connectivity index (χ1v) is 6.58. The number of ether oxygens (including phenoxy) is 1. The molecule has 0 aliphatic rings. The molecule has 1 aromatic heterocycles. The lowest BCUT2D eigenvalue weighted by atomic mass is 10.1. The first kappa shape index (κ1) is 15.4. The van der Waals surface area contributed by atoms with E-state index in [1.54, 1.807) is 19.4 Å². The third-order valence-corrected chi connectivity index (χ3v) is 3.26. The van der Waals surface area contributed by atoms with Crippen molar-refractivity contribution in [2.75, 3.05) is 25.2 Å². The van der Waals surface area contributed by atoms with E-state index in [0.717, 1.165) is 12.8 Å². The largest absolute Gasteiger partial charge is 0.478 e. The Morgan fingerprint density at radius 3 is 2.68 bits per heavy atom. The van der Waals surface area contributed by atoms with Gasteiger partial charge in [-0.2, -0.15) is 0 Å². The monoisotopic (exact) mass is 266 g/mol. The second-order valence-electron chi connectivity index (χ2n) is 4.35. The van der Waals surface area contributed by atoms with Gasteiger partial charge in [-0.3, -0.25) is 4.98 Å². The summed E-state index contributed by atoms with van der Waals surface area (Å²) in [6.07, 6.45) is 4.95. The van der Waals surface area contributed by atoms with Crippen molar-refractivity contribution in [2.45, 2.75) is 32.7 Å². The molecule has 1 aromatic rings. The van der Waals surface area contributed by atoms with Crippen molar-refractivity contribution in [1.82, 2.24) is 4.98 Å². The van der Waals surface area contributed by atoms with Gasteiger partial charge in [0.15, 0.2) is 0 Å². The van der Waals surface area contributed by atoms with Crippen LogP contribution in [0.15, 0.2) is 18.5 Å². The van der Waals surface area contributed by atoms with E-state index in [2.05, 4.69) is 23.7 Å². The Labute approximate surface area is 114 Å². The van der Waals surface area contributed by atoms with Crippen LogP contribution in [0.2, 0.25) is 0 Å². The number of nitrogens with zero attached hydrogens (tertiary/aromatic N) is 2. The standard InChI is InChI=1S/C14H22N2O3/c1-4-11(5-2)16(8-9-19-3)13-6-7-15-10-12(13)14(17)18/h6-7,10-11H,4-5,8-9H2,1-3H3,(H,17,18). The molecule has 0 fully saturated rings. The molecule has 0 unspecified atom stereocenters. The van der Waals surface area contributed by atoms with Gasteiger partial charge in [-0.25, -0.2) is 4.79 Å². The summed E-state index contributed by atoms with van der Waals surface area (Å²) in [5, 5.41) is 9.27. The Balaban J connectivity index is 3.12. The van der Waals surface area contributed by atoms with Crippen LogP contribution in [0.25, 0.3) is 0 Å².